The van der Waals surface area contributed by atoms with Crippen molar-refractivity contribution in [1.29, 1.82) is 0 Å². The summed E-state index contributed by atoms with van der Waals surface area (Å²) in [6, 6.07) is 4.63. The third kappa shape index (κ3) is 5.23. The number of carboxylic acids is 1. The van der Waals surface area contributed by atoms with E-state index in [1.54, 1.807) is 29.0 Å². The predicted octanol–water partition coefficient (Wildman–Crippen LogP) is 4.62. The Hall–Kier alpha value is -2.54. The monoisotopic (exact) mass is 378 g/mol. The fraction of sp³-hybridized carbons (Fsp3) is 0.389. The van der Waals surface area contributed by atoms with Crippen molar-refractivity contribution >= 4 is 35.1 Å². The van der Waals surface area contributed by atoms with Crippen LogP contribution in [0.25, 0.3) is 0 Å². The van der Waals surface area contributed by atoms with E-state index in [1.807, 2.05) is 20.8 Å². The highest BCUT2D eigenvalue weighted by Gasteiger charge is 2.25. The molecule has 0 saturated heterocycles. The molecule has 1 aliphatic rings. The molecule has 0 aliphatic heterocycles. The molecule has 1 saturated carbocycles. The Morgan fingerprint density at radius 2 is 2.00 bits per heavy atom. The van der Waals surface area contributed by atoms with Crippen LogP contribution in [-0.4, -0.2) is 26.7 Å². The van der Waals surface area contributed by atoms with Gasteiger partial charge in [-0.25, -0.2) is 14.6 Å². The van der Waals surface area contributed by atoms with Crippen LogP contribution in [0.1, 0.15) is 42.9 Å². The topological polar surface area (TPSA) is 96.2 Å². The summed E-state index contributed by atoms with van der Waals surface area (Å²) in [4.78, 5) is 27.3. The zero-order valence-corrected chi connectivity index (χ0v) is 15.8. The van der Waals surface area contributed by atoms with E-state index in [0.717, 1.165) is 18.4 Å². The van der Waals surface area contributed by atoms with E-state index in [9.17, 15) is 14.7 Å². The van der Waals surface area contributed by atoms with E-state index < -0.39 is 12.0 Å². The summed E-state index contributed by atoms with van der Waals surface area (Å²) in [6.45, 7) is 6.43. The predicted molar refractivity (Wildman–Crippen MR) is 102 cm³/mol. The molecule has 2 amide bonds. The minimum atomic E-state index is -1.11. The highest BCUT2D eigenvalue weighted by molar-refractivity contribution is 6.30. The third-order valence-electron chi connectivity index (χ3n) is 3.80. The Labute approximate surface area is 157 Å². The molecule has 0 bridgehead atoms. The molecular weight excluding hydrogens is 356 g/mol. The Bertz CT molecular complexity index is 800. The van der Waals surface area contributed by atoms with Crippen molar-refractivity contribution in [3.8, 4) is 0 Å². The van der Waals surface area contributed by atoms with Gasteiger partial charge in [-0.2, -0.15) is 0 Å². The molecule has 3 N–H and O–H groups in total. The number of carbonyl (C=O) groups excluding carboxylic acids is 1. The lowest BCUT2D eigenvalue weighted by Gasteiger charge is -2.08. The summed E-state index contributed by atoms with van der Waals surface area (Å²) in [7, 11) is 0. The lowest BCUT2D eigenvalue weighted by atomic mass is 10.2. The van der Waals surface area contributed by atoms with Gasteiger partial charge in [-0.05, 0) is 49.4 Å². The number of hydrogen-bond acceptors (Lipinski definition) is 3. The molecule has 8 heteroatoms. The number of aryl methyl sites for hydroxylation is 1. The SMILES string of the molecule is CC.Cc1cc(Cl)ccc1NC(=O)Nc1cn(CC2CC2)c(C(=O)O)n1. The van der Waals surface area contributed by atoms with Crippen molar-refractivity contribution in [1.82, 2.24) is 9.55 Å². The molecule has 0 radical (unpaired) electrons. The zero-order chi connectivity index (χ0) is 19.3. The van der Waals surface area contributed by atoms with Gasteiger partial charge >= 0.3 is 12.0 Å². The first-order chi connectivity index (χ1) is 12.4. The van der Waals surface area contributed by atoms with Crippen LogP contribution in [-0.2, 0) is 6.54 Å². The van der Waals surface area contributed by atoms with E-state index in [1.165, 1.54) is 0 Å². The number of aromatic carboxylic acids is 1. The van der Waals surface area contributed by atoms with Crippen LogP contribution >= 0.6 is 11.6 Å². The Balaban J connectivity index is 0.00000117. The van der Waals surface area contributed by atoms with Crippen LogP contribution < -0.4 is 10.6 Å². The van der Waals surface area contributed by atoms with Gasteiger partial charge in [0.25, 0.3) is 0 Å². The normalized spacial score (nSPS) is 12.8. The number of urea groups is 1. The number of rotatable bonds is 5. The molecule has 1 aliphatic carbocycles. The molecule has 3 rings (SSSR count). The molecule has 7 nitrogen and oxygen atoms in total. The highest BCUT2D eigenvalue weighted by atomic mass is 35.5. The number of carboxylic acid groups (broad SMARTS) is 1. The Morgan fingerprint density at radius 3 is 2.58 bits per heavy atom. The molecule has 26 heavy (non-hydrogen) atoms. The van der Waals surface area contributed by atoms with E-state index >= 15 is 0 Å². The largest absolute Gasteiger partial charge is 0.475 e. The fourth-order valence-corrected chi connectivity index (χ4v) is 2.63. The summed E-state index contributed by atoms with van der Waals surface area (Å²) >= 11 is 5.88. The number of nitrogens with one attached hydrogen (secondary N) is 2. The Kier molecular flexibility index (Phi) is 6.63. The van der Waals surface area contributed by atoms with Gasteiger partial charge in [0.2, 0.25) is 5.82 Å². The molecule has 0 unspecified atom stereocenters. The maximum atomic E-state index is 12.1. The summed E-state index contributed by atoms with van der Waals surface area (Å²) in [6.07, 6.45) is 3.74. The molecule has 0 atom stereocenters. The summed E-state index contributed by atoms with van der Waals surface area (Å²) in [5.74, 6) is -0.481. The Morgan fingerprint density at radius 1 is 1.31 bits per heavy atom. The van der Waals surface area contributed by atoms with Gasteiger partial charge in [0.15, 0.2) is 5.82 Å². The molecule has 140 valence electrons. The van der Waals surface area contributed by atoms with Crippen LogP contribution in [0.5, 0.6) is 0 Å². The van der Waals surface area contributed by atoms with Crippen molar-refractivity contribution in [2.24, 2.45) is 5.92 Å². The maximum absolute atomic E-state index is 12.1. The molecule has 2 aromatic rings. The zero-order valence-electron chi connectivity index (χ0n) is 15.0. The van der Waals surface area contributed by atoms with Crippen LogP contribution in [0.15, 0.2) is 24.4 Å². The second kappa shape index (κ2) is 8.71. The van der Waals surface area contributed by atoms with Crippen molar-refractivity contribution in [3.05, 3.63) is 40.8 Å². The number of aromatic nitrogens is 2. The second-order valence-corrected chi connectivity index (χ2v) is 6.33. The lowest BCUT2D eigenvalue weighted by Crippen LogP contribution is -2.20. The molecule has 0 spiro atoms. The average Bonchev–Trinajstić information content (AvgIpc) is 3.31. The van der Waals surface area contributed by atoms with Crippen molar-refractivity contribution < 1.29 is 14.7 Å². The van der Waals surface area contributed by atoms with Crippen LogP contribution in [0.3, 0.4) is 0 Å². The third-order valence-corrected chi connectivity index (χ3v) is 4.03. The molecule has 1 aromatic heterocycles. The minimum absolute atomic E-state index is 0.0696. The number of hydrogen-bond donors (Lipinski definition) is 3. The number of nitrogens with zero attached hydrogens (tertiary/aromatic N) is 2. The molecule has 1 fully saturated rings. The highest BCUT2D eigenvalue weighted by Crippen LogP contribution is 2.31. The second-order valence-electron chi connectivity index (χ2n) is 5.89. The number of halogens is 1. The van der Waals surface area contributed by atoms with Crippen LogP contribution in [0.2, 0.25) is 5.02 Å². The first kappa shape index (κ1) is 19.8. The van der Waals surface area contributed by atoms with Gasteiger partial charge in [-0.3, -0.25) is 5.32 Å². The van der Waals surface area contributed by atoms with Crippen molar-refractivity contribution in [2.45, 2.75) is 40.2 Å². The quantitative estimate of drug-likeness (QED) is 0.707. The lowest BCUT2D eigenvalue weighted by molar-refractivity contribution is 0.0677. The summed E-state index contributed by atoms with van der Waals surface area (Å²) in [5, 5.41) is 15.1. The van der Waals surface area contributed by atoms with E-state index in [0.29, 0.717) is 23.2 Å². The van der Waals surface area contributed by atoms with E-state index in [-0.39, 0.29) is 11.6 Å². The maximum Gasteiger partial charge on any atom is 0.372 e. The van der Waals surface area contributed by atoms with Gasteiger partial charge in [-0.1, -0.05) is 25.4 Å². The van der Waals surface area contributed by atoms with Gasteiger partial charge in [0.1, 0.15) is 0 Å². The van der Waals surface area contributed by atoms with Crippen LogP contribution in [0.4, 0.5) is 16.3 Å². The average molecular weight is 379 g/mol. The van der Waals surface area contributed by atoms with Gasteiger partial charge < -0.3 is 15.0 Å². The first-order valence-electron chi connectivity index (χ1n) is 8.57. The van der Waals surface area contributed by atoms with Gasteiger partial charge in [-0.15, -0.1) is 0 Å². The number of anilines is 2. The summed E-state index contributed by atoms with van der Waals surface area (Å²) in [5.41, 5.74) is 1.44. The number of amides is 2. The smallest absolute Gasteiger partial charge is 0.372 e. The van der Waals surface area contributed by atoms with Gasteiger partial charge in [0, 0.05) is 23.5 Å². The van der Waals surface area contributed by atoms with Crippen molar-refractivity contribution in [2.75, 3.05) is 10.6 Å². The standard InChI is InChI=1S/C16H17ClN4O3.C2H6/c1-9-6-11(17)4-5-12(9)18-16(24)20-13-8-21(7-10-2-3-10)14(19-13)15(22)23;1-2/h4-6,8,10H,2-3,7H2,1H3,(H,22,23)(H2,18,20,24);1-2H3. The number of imidazole rings is 1. The molecular formula is C18H23ClN4O3. The number of carbonyl (C=O) groups is 2. The van der Waals surface area contributed by atoms with E-state index in [4.69, 9.17) is 11.6 Å². The molecule has 1 aromatic carbocycles. The summed E-state index contributed by atoms with van der Waals surface area (Å²) < 4.78 is 1.57. The fourth-order valence-electron chi connectivity index (χ4n) is 2.40. The van der Waals surface area contributed by atoms with Gasteiger partial charge in [0.05, 0.1) is 0 Å². The van der Waals surface area contributed by atoms with Crippen molar-refractivity contribution in [3.63, 3.8) is 0 Å². The molecule has 1 heterocycles. The van der Waals surface area contributed by atoms with E-state index in [2.05, 4.69) is 15.6 Å². The number of benzene rings is 1. The minimum Gasteiger partial charge on any atom is -0.475 e. The first-order valence-corrected chi connectivity index (χ1v) is 8.95. The van der Waals surface area contributed by atoms with Crippen LogP contribution in [0, 0.1) is 12.8 Å².